The molecule has 4 rings (SSSR count). The smallest absolute Gasteiger partial charge is 0.270 e. The highest BCUT2D eigenvalue weighted by Crippen LogP contribution is 2.33. The number of hydrogen-bond acceptors (Lipinski definition) is 6. The second kappa shape index (κ2) is 10.4. The Morgan fingerprint density at radius 2 is 1.91 bits per heavy atom. The summed E-state index contributed by atoms with van der Waals surface area (Å²) in [6.45, 7) is 2.53. The van der Waals surface area contributed by atoms with Gasteiger partial charge in [-0.1, -0.05) is 86.1 Å². The number of carbonyl (C=O) groups excluding carboxylic acids is 1. The first kappa shape index (κ1) is 22.7. The van der Waals surface area contributed by atoms with Crippen LogP contribution in [0.5, 0.6) is 0 Å². The van der Waals surface area contributed by atoms with Crippen LogP contribution in [0.25, 0.3) is 10.8 Å². The molecule has 0 spiro atoms. The van der Waals surface area contributed by atoms with Crippen molar-refractivity contribution in [2.24, 2.45) is 10.2 Å². The summed E-state index contributed by atoms with van der Waals surface area (Å²) in [5, 5.41) is 22.1. The van der Waals surface area contributed by atoms with Crippen LogP contribution < -0.4 is 0 Å². The lowest BCUT2D eigenvalue weighted by atomic mass is 10.0. The van der Waals surface area contributed by atoms with Crippen molar-refractivity contribution in [3.8, 4) is 0 Å². The van der Waals surface area contributed by atoms with Gasteiger partial charge in [-0.05, 0) is 22.8 Å². The minimum absolute atomic E-state index is 0.00534. The number of carbonyl (C=O) groups is 1. The van der Waals surface area contributed by atoms with E-state index in [-0.39, 0.29) is 16.8 Å². The van der Waals surface area contributed by atoms with Crippen LogP contribution in [0.3, 0.4) is 0 Å². The molecule has 8 heteroatoms. The predicted molar refractivity (Wildman–Crippen MR) is 134 cm³/mol. The highest BCUT2D eigenvalue weighted by Gasteiger charge is 2.37. The normalized spacial score (nSPS) is 17.5. The summed E-state index contributed by atoms with van der Waals surface area (Å²) in [6.07, 6.45) is 4.25. The van der Waals surface area contributed by atoms with Gasteiger partial charge in [-0.2, -0.15) is 5.10 Å². The molecule has 0 aromatic heterocycles. The number of unbranched alkanes of at least 4 members (excludes halogenated alkanes) is 1. The van der Waals surface area contributed by atoms with Gasteiger partial charge >= 0.3 is 0 Å². The topological polar surface area (TPSA) is 88.2 Å². The Bertz CT molecular complexity index is 1240. The van der Waals surface area contributed by atoms with E-state index in [9.17, 15) is 14.9 Å². The molecule has 33 heavy (non-hydrogen) atoms. The van der Waals surface area contributed by atoms with Crippen LogP contribution >= 0.6 is 11.8 Å². The fourth-order valence-electron chi connectivity index (χ4n) is 3.77. The Balaban J connectivity index is 1.61. The number of fused-ring (bicyclic) bond motifs is 1. The lowest BCUT2D eigenvalue weighted by molar-refractivity contribution is -0.384. The van der Waals surface area contributed by atoms with E-state index >= 15 is 0 Å². The summed E-state index contributed by atoms with van der Waals surface area (Å²) in [7, 11) is 0. The SMILES string of the molecule is CCCC[C@H]1S/C(=N/N=C\c2cccc([N+](=O)[O-])c2)N(Cc2cccc3ccccc23)C1=O. The molecule has 1 heterocycles. The van der Waals surface area contributed by atoms with Gasteiger partial charge in [-0.15, -0.1) is 5.10 Å². The Labute approximate surface area is 196 Å². The molecular formula is C25H24N4O3S. The summed E-state index contributed by atoms with van der Waals surface area (Å²) in [6, 6.07) is 20.4. The van der Waals surface area contributed by atoms with Gasteiger partial charge in [0.2, 0.25) is 5.91 Å². The van der Waals surface area contributed by atoms with E-state index in [2.05, 4.69) is 35.3 Å². The maximum Gasteiger partial charge on any atom is 0.270 e. The maximum absolute atomic E-state index is 13.2. The lowest BCUT2D eigenvalue weighted by Crippen LogP contribution is -2.31. The number of amides is 1. The molecule has 0 bridgehead atoms. The number of rotatable bonds is 8. The molecule has 7 nitrogen and oxygen atoms in total. The van der Waals surface area contributed by atoms with Gasteiger partial charge < -0.3 is 0 Å². The molecule has 0 N–H and O–H groups in total. The number of amidine groups is 1. The third kappa shape index (κ3) is 5.28. The average Bonchev–Trinajstić information content (AvgIpc) is 3.12. The van der Waals surface area contributed by atoms with Gasteiger partial charge in [0.25, 0.3) is 5.69 Å². The molecule has 1 fully saturated rings. The molecule has 1 atom stereocenters. The van der Waals surface area contributed by atoms with Gasteiger partial charge in [0.15, 0.2) is 5.17 Å². The molecule has 168 valence electrons. The number of thioether (sulfide) groups is 1. The van der Waals surface area contributed by atoms with Crippen molar-refractivity contribution in [3.05, 3.63) is 88.0 Å². The largest absolute Gasteiger partial charge is 0.284 e. The van der Waals surface area contributed by atoms with E-state index in [0.29, 0.717) is 17.3 Å². The Morgan fingerprint density at radius 1 is 1.12 bits per heavy atom. The minimum atomic E-state index is -0.445. The van der Waals surface area contributed by atoms with Crippen LogP contribution in [0.1, 0.15) is 37.3 Å². The molecule has 0 radical (unpaired) electrons. The van der Waals surface area contributed by atoms with Crippen molar-refractivity contribution < 1.29 is 9.72 Å². The highest BCUT2D eigenvalue weighted by molar-refractivity contribution is 8.15. The fraction of sp³-hybridized carbons (Fsp3) is 0.240. The number of nitro benzene ring substituents is 1. The second-order valence-corrected chi connectivity index (χ2v) is 8.96. The fourth-order valence-corrected chi connectivity index (χ4v) is 4.91. The van der Waals surface area contributed by atoms with Crippen LogP contribution in [0.4, 0.5) is 5.69 Å². The zero-order valence-corrected chi connectivity index (χ0v) is 19.1. The molecule has 3 aromatic rings. The second-order valence-electron chi connectivity index (χ2n) is 7.79. The third-order valence-electron chi connectivity index (χ3n) is 5.48. The van der Waals surface area contributed by atoms with E-state index in [1.165, 1.54) is 30.1 Å². The van der Waals surface area contributed by atoms with Gasteiger partial charge in [0.1, 0.15) is 0 Å². The first-order valence-corrected chi connectivity index (χ1v) is 11.7. The van der Waals surface area contributed by atoms with E-state index < -0.39 is 4.92 Å². The van der Waals surface area contributed by atoms with Gasteiger partial charge in [-0.3, -0.25) is 19.8 Å². The van der Waals surface area contributed by atoms with Crippen LogP contribution in [0, 0.1) is 10.1 Å². The number of benzene rings is 3. The molecule has 1 amide bonds. The Hall–Kier alpha value is -3.52. The zero-order chi connectivity index (χ0) is 23.2. The first-order chi connectivity index (χ1) is 16.1. The Kier molecular flexibility index (Phi) is 7.14. The van der Waals surface area contributed by atoms with Crippen molar-refractivity contribution in [2.75, 3.05) is 0 Å². The molecule has 3 aromatic carbocycles. The van der Waals surface area contributed by atoms with Gasteiger partial charge in [0, 0.05) is 17.7 Å². The molecule has 1 aliphatic rings. The maximum atomic E-state index is 13.2. The number of nitrogens with zero attached hydrogens (tertiary/aromatic N) is 4. The van der Waals surface area contributed by atoms with E-state index in [1.807, 2.05) is 24.3 Å². The molecule has 1 aliphatic heterocycles. The van der Waals surface area contributed by atoms with E-state index in [4.69, 9.17) is 0 Å². The van der Waals surface area contributed by atoms with Crippen molar-refractivity contribution in [1.29, 1.82) is 0 Å². The summed E-state index contributed by atoms with van der Waals surface area (Å²) >= 11 is 1.44. The van der Waals surface area contributed by atoms with Gasteiger partial charge in [-0.25, -0.2) is 0 Å². The van der Waals surface area contributed by atoms with Gasteiger partial charge in [0.05, 0.1) is 22.9 Å². The minimum Gasteiger partial charge on any atom is -0.284 e. The molecular weight excluding hydrogens is 436 g/mol. The van der Waals surface area contributed by atoms with Crippen molar-refractivity contribution >= 4 is 45.5 Å². The average molecular weight is 461 g/mol. The van der Waals surface area contributed by atoms with Crippen LogP contribution in [0.15, 0.2) is 76.9 Å². The van der Waals surface area contributed by atoms with E-state index in [1.54, 1.807) is 17.0 Å². The molecule has 0 saturated carbocycles. The molecule has 0 unspecified atom stereocenters. The number of nitro groups is 1. The standard InChI is InChI=1S/C25H24N4O3S/c1-2-3-14-23-24(30)28(17-20-11-7-10-19-9-4-5-13-22(19)20)25(33-23)27-26-16-18-8-6-12-21(15-18)29(31)32/h4-13,15-16,23H,2-3,14,17H2,1H3/b26-16-,27-25+/t23-/m1/s1. The quantitative estimate of drug-likeness (QED) is 0.242. The molecule has 0 aliphatic carbocycles. The number of non-ortho nitro benzene ring substituents is 1. The van der Waals surface area contributed by atoms with Crippen LogP contribution in [0.2, 0.25) is 0 Å². The number of hydrogen-bond donors (Lipinski definition) is 0. The summed E-state index contributed by atoms with van der Waals surface area (Å²) in [4.78, 5) is 25.5. The molecule has 1 saturated heterocycles. The summed E-state index contributed by atoms with van der Waals surface area (Å²) in [5.41, 5.74) is 1.62. The third-order valence-corrected chi connectivity index (χ3v) is 6.71. The van der Waals surface area contributed by atoms with Crippen molar-refractivity contribution in [1.82, 2.24) is 4.90 Å². The zero-order valence-electron chi connectivity index (χ0n) is 18.3. The Morgan fingerprint density at radius 3 is 2.73 bits per heavy atom. The first-order valence-electron chi connectivity index (χ1n) is 10.9. The van der Waals surface area contributed by atoms with Crippen LogP contribution in [-0.2, 0) is 11.3 Å². The van der Waals surface area contributed by atoms with E-state index in [0.717, 1.165) is 35.6 Å². The monoisotopic (exact) mass is 460 g/mol. The predicted octanol–water partition coefficient (Wildman–Crippen LogP) is 5.77. The van der Waals surface area contributed by atoms with Crippen molar-refractivity contribution in [2.45, 2.75) is 38.0 Å². The van der Waals surface area contributed by atoms with Crippen molar-refractivity contribution in [3.63, 3.8) is 0 Å². The lowest BCUT2D eigenvalue weighted by Gasteiger charge is -2.17. The summed E-state index contributed by atoms with van der Waals surface area (Å²) in [5.74, 6) is 0.0469. The highest BCUT2D eigenvalue weighted by atomic mass is 32.2. The van der Waals surface area contributed by atoms with Crippen LogP contribution in [-0.4, -0.2) is 32.4 Å². The summed E-state index contributed by atoms with van der Waals surface area (Å²) < 4.78 is 0.